The van der Waals surface area contributed by atoms with E-state index in [1.165, 1.54) is 39.4 Å². The molecule has 0 bridgehead atoms. The Kier molecular flexibility index (Phi) is 8.30. The Bertz CT molecular complexity index is 1040. The third-order valence-corrected chi connectivity index (χ3v) is 7.25. The van der Waals surface area contributed by atoms with Gasteiger partial charge < -0.3 is 20.1 Å². The van der Waals surface area contributed by atoms with Crippen molar-refractivity contribution in [1.29, 1.82) is 0 Å². The molecule has 0 fully saturated rings. The van der Waals surface area contributed by atoms with Gasteiger partial charge in [0.1, 0.15) is 4.21 Å². The zero-order valence-corrected chi connectivity index (χ0v) is 18.5. The van der Waals surface area contributed by atoms with Crippen LogP contribution in [0.25, 0.3) is 0 Å². The first-order valence-corrected chi connectivity index (χ1v) is 11.0. The molecule has 0 atom stereocenters. The topological polar surface area (TPSA) is 114 Å². The summed E-state index contributed by atoms with van der Waals surface area (Å²) in [5, 5.41) is 4.97. The fourth-order valence-electron chi connectivity index (χ4n) is 2.28. The van der Waals surface area contributed by atoms with E-state index in [9.17, 15) is 26.8 Å². The van der Waals surface area contributed by atoms with E-state index < -0.39 is 28.4 Å². The molecule has 2 N–H and O–H groups in total. The Morgan fingerprint density at radius 3 is 2.45 bits per heavy atom. The number of carbonyl (C=O) groups excluding carboxylic acids is 2. The molecule has 2 aromatic rings. The van der Waals surface area contributed by atoms with Gasteiger partial charge in [-0.3, -0.25) is 9.59 Å². The van der Waals surface area contributed by atoms with E-state index in [1.807, 2.05) is 0 Å². The third-order valence-electron chi connectivity index (χ3n) is 3.88. The second-order valence-electron chi connectivity index (χ2n) is 6.21. The normalized spacial score (nSPS) is 11.5. The maximum absolute atomic E-state index is 12.4. The SMILES string of the molecule is COc1cc(C(=O)NCC(=O)NCc2ccc(S(=O)(=O)N(C)C)s2)ccc1OC(F)F. The summed E-state index contributed by atoms with van der Waals surface area (Å²) in [6.45, 7) is -3.29. The number of alkyl halides is 2. The van der Waals surface area contributed by atoms with Crippen LogP contribution in [0.15, 0.2) is 34.5 Å². The van der Waals surface area contributed by atoms with Gasteiger partial charge in [-0.15, -0.1) is 11.3 Å². The van der Waals surface area contributed by atoms with Crippen LogP contribution in [0.1, 0.15) is 15.2 Å². The second kappa shape index (κ2) is 10.5. The smallest absolute Gasteiger partial charge is 0.387 e. The van der Waals surface area contributed by atoms with Gasteiger partial charge in [0.2, 0.25) is 5.91 Å². The van der Waals surface area contributed by atoms with Crippen molar-refractivity contribution in [3.8, 4) is 11.5 Å². The molecule has 170 valence electrons. The van der Waals surface area contributed by atoms with Crippen molar-refractivity contribution < 1.29 is 36.3 Å². The third kappa shape index (κ3) is 6.60. The predicted molar refractivity (Wildman–Crippen MR) is 109 cm³/mol. The van der Waals surface area contributed by atoms with Crippen molar-refractivity contribution in [3.63, 3.8) is 0 Å². The van der Waals surface area contributed by atoms with Crippen LogP contribution < -0.4 is 20.1 Å². The fraction of sp³-hybridized carbons (Fsp3) is 0.333. The number of nitrogens with zero attached hydrogens (tertiary/aromatic N) is 1. The van der Waals surface area contributed by atoms with Crippen LogP contribution in [0.2, 0.25) is 0 Å². The monoisotopic (exact) mass is 477 g/mol. The second-order valence-corrected chi connectivity index (χ2v) is 9.76. The zero-order chi connectivity index (χ0) is 23.2. The molecular weight excluding hydrogens is 456 g/mol. The lowest BCUT2D eigenvalue weighted by atomic mass is 10.2. The van der Waals surface area contributed by atoms with Crippen molar-refractivity contribution in [2.24, 2.45) is 0 Å². The minimum Gasteiger partial charge on any atom is -0.493 e. The Balaban J connectivity index is 1.89. The number of halogens is 2. The summed E-state index contributed by atoms with van der Waals surface area (Å²) >= 11 is 1.03. The molecule has 0 aliphatic rings. The lowest BCUT2D eigenvalue weighted by Crippen LogP contribution is -2.36. The first kappa shape index (κ1) is 24.5. The summed E-state index contributed by atoms with van der Waals surface area (Å²) in [7, 11) is 0.547. The molecule has 0 aliphatic heterocycles. The summed E-state index contributed by atoms with van der Waals surface area (Å²) in [5.41, 5.74) is 0.0862. The first-order chi connectivity index (χ1) is 14.5. The van der Waals surface area contributed by atoms with Gasteiger partial charge in [-0.05, 0) is 30.3 Å². The van der Waals surface area contributed by atoms with Crippen LogP contribution >= 0.6 is 11.3 Å². The van der Waals surface area contributed by atoms with E-state index in [-0.39, 0.29) is 34.4 Å². The number of ether oxygens (including phenoxy) is 2. The Morgan fingerprint density at radius 1 is 1.13 bits per heavy atom. The number of sulfonamides is 1. The van der Waals surface area contributed by atoms with Crippen molar-refractivity contribution >= 4 is 33.2 Å². The van der Waals surface area contributed by atoms with Gasteiger partial charge in [-0.2, -0.15) is 8.78 Å². The number of rotatable bonds is 10. The van der Waals surface area contributed by atoms with Crippen LogP contribution in [0.5, 0.6) is 11.5 Å². The number of amides is 2. The van der Waals surface area contributed by atoms with E-state index >= 15 is 0 Å². The number of thiophene rings is 1. The Labute approximate surface area is 182 Å². The van der Waals surface area contributed by atoms with Crippen LogP contribution in [-0.2, 0) is 21.4 Å². The van der Waals surface area contributed by atoms with Crippen molar-refractivity contribution in [2.75, 3.05) is 27.7 Å². The summed E-state index contributed by atoms with van der Waals surface area (Å²) < 4.78 is 59.3. The minimum atomic E-state index is -3.54. The van der Waals surface area contributed by atoms with E-state index in [1.54, 1.807) is 6.07 Å². The molecular formula is C18H21F2N3O6S2. The van der Waals surface area contributed by atoms with Crippen molar-refractivity contribution in [2.45, 2.75) is 17.4 Å². The molecule has 2 rings (SSSR count). The molecule has 0 aliphatic carbocycles. The molecule has 2 amide bonds. The standard InChI is InChI=1S/C18H21F2N3O6S2/c1-23(2)31(26,27)16-7-5-12(30-16)9-21-15(24)10-22-17(25)11-4-6-13(29-18(19)20)14(8-11)28-3/h4-8,18H,9-10H2,1-3H3,(H,21,24)(H,22,25). The van der Waals surface area contributed by atoms with E-state index in [0.29, 0.717) is 4.88 Å². The Morgan fingerprint density at radius 2 is 1.84 bits per heavy atom. The highest BCUT2D eigenvalue weighted by Gasteiger charge is 2.20. The minimum absolute atomic E-state index is 0.0569. The maximum Gasteiger partial charge on any atom is 0.387 e. The number of nitrogens with one attached hydrogen (secondary N) is 2. The number of hydrogen-bond donors (Lipinski definition) is 2. The van der Waals surface area contributed by atoms with Crippen LogP contribution in [0, 0.1) is 0 Å². The van der Waals surface area contributed by atoms with Gasteiger partial charge in [0.15, 0.2) is 11.5 Å². The fourth-order valence-corrected chi connectivity index (χ4v) is 4.75. The molecule has 0 saturated carbocycles. The average molecular weight is 478 g/mol. The van der Waals surface area contributed by atoms with Gasteiger partial charge in [-0.1, -0.05) is 0 Å². The van der Waals surface area contributed by atoms with Gasteiger partial charge in [-0.25, -0.2) is 12.7 Å². The highest BCUT2D eigenvalue weighted by molar-refractivity contribution is 7.91. The first-order valence-electron chi connectivity index (χ1n) is 8.73. The quantitative estimate of drug-likeness (QED) is 0.538. The van der Waals surface area contributed by atoms with E-state index in [2.05, 4.69) is 15.4 Å². The molecule has 0 saturated heterocycles. The van der Waals surface area contributed by atoms with Crippen LogP contribution in [-0.4, -0.2) is 58.9 Å². The Hall–Kier alpha value is -2.77. The molecule has 0 unspecified atom stereocenters. The largest absolute Gasteiger partial charge is 0.493 e. The molecule has 31 heavy (non-hydrogen) atoms. The predicted octanol–water partition coefficient (Wildman–Crippen LogP) is 1.65. The molecule has 0 radical (unpaired) electrons. The summed E-state index contributed by atoms with van der Waals surface area (Å²) in [4.78, 5) is 24.8. The molecule has 13 heteroatoms. The summed E-state index contributed by atoms with van der Waals surface area (Å²) in [5.74, 6) is -1.40. The summed E-state index contributed by atoms with van der Waals surface area (Å²) in [6, 6.07) is 6.68. The van der Waals surface area contributed by atoms with E-state index in [4.69, 9.17) is 4.74 Å². The average Bonchev–Trinajstić information content (AvgIpc) is 3.20. The van der Waals surface area contributed by atoms with Crippen molar-refractivity contribution in [3.05, 3.63) is 40.8 Å². The molecule has 1 aromatic carbocycles. The van der Waals surface area contributed by atoms with Gasteiger partial charge in [0.25, 0.3) is 15.9 Å². The highest BCUT2D eigenvalue weighted by atomic mass is 32.2. The lowest BCUT2D eigenvalue weighted by molar-refractivity contribution is -0.120. The van der Waals surface area contributed by atoms with Crippen LogP contribution in [0.4, 0.5) is 8.78 Å². The summed E-state index contributed by atoms with van der Waals surface area (Å²) in [6.07, 6.45) is 0. The molecule has 9 nitrogen and oxygen atoms in total. The lowest BCUT2D eigenvalue weighted by Gasteiger charge is -2.11. The zero-order valence-electron chi connectivity index (χ0n) is 16.8. The molecule has 0 spiro atoms. The van der Waals surface area contributed by atoms with Crippen LogP contribution in [0.3, 0.4) is 0 Å². The number of hydrogen-bond acceptors (Lipinski definition) is 7. The van der Waals surface area contributed by atoms with Crippen molar-refractivity contribution in [1.82, 2.24) is 14.9 Å². The molecule has 1 aromatic heterocycles. The number of methoxy groups -OCH3 is 1. The molecule has 1 heterocycles. The van der Waals surface area contributed by atoms with E-state index in [0.717, 1.165) is 21.7 Å². The van der Waals surface area contributed by atoms with Gasteiger partial charge in [0.05, 0.1) is 20.2 Å². The maximum atomic E-state index is 12.4. The number of carbonyl (C=O) groups is 2. The number of benzene rings is 1. The van der Waals surface area contributed by atoms with Gasteiger partial charge in [0, 0.05) is 24.5 Å². The van der Waals surface area contributed by atoms with Gasteiger partial charge >= 0.3 is 6.61 Å². The highest BCUT2D eigenvalue weighted by Crippen LogP contribution is 2.29.